The highest BCUT2D eigenvalue weighted by atomic mass is 35.5. The van der Waals surface area contributed by atoms with Crippen molar-refractivity contribution in [2.45, 2.75) is 6.42 Å². The lowest BCUT2D eigenvalue weighted by Gasteiger charge is -2.32. The standard InChI is InChI=1S/C18H22ClN5O/c1-23-7-9-24(10-8-23)17-13-21-16(12-22-17)18(25)20-6-5-14-3-2-4-15(19)11-14/h2-4,11-13H,5-10H2,1H3,(H,20,25). The summed E-state index contributed by atoms with van der Waals surface area (Å²) in [5.74, 6) is 0.614. The monoisotopic (exact) mass is 359 g/mol. The number of anilines is 1. The van der Waals surface area contributed by atoms with Crippen molar-refractivity contribution < 1.29 is 4.79 Å². The molecule has 1 N–H and O–H groups in total. The number of hydrogen-bond donors (Lipinski definition) is 1. The SMILES string of the molecule is CN1CCN(c2cnc(C(=O)NCCc3cccc(Cl)c3)cn2)CC1. The van der Waals surface area contributed by atoms with Crippen LogP contribution in [0.4, 0.5) is 5.82 Å². The number of carbonyl (C=O) groups is 1. The van der Waals surface area contributed by atoms with Gasteiger partial charge in [-0.15, -0.1) is 0 Å². The average molecular weight is 360 g/mol. The van der Waals surface area contributed by atoms with E-state index in [-0.39, 0.29) is 5.91 Å². The molecule has 3 rings (SSSR count). The Labute approximate surface area is 152 Å². The van der Waals surface area contributed by atoms with Gasteiger partial charge in [-0.3, -0.25) is 4.79 Å². The molecule has 1 amide bonds. The highest BCUT2D eigenvalue weighted by Crippen LogP contribution is 2.12. The smallest absolute Gasteiger partial charge is 0.271 e. The summed E-state index contributed by atoms with van der Waals surface area (Å²) in [6, 6.07) is 7.63. The number of halogens is 1. The average Bonchev–Trinajstić information content (AvgIpc) is 2.62. The van der Waals surface area contributed by atoms with Gasteiger partial charge in [0.15, 0.2) is 0 Å². The van der Waals surface area contributed by atoms with E-state index in [0.29, 0.717) is 17.3 Å². The molecule has 1 aromatic carbocycles. The number of rotatable bonds is 5. The summed E-state index contributed by atoms with van der Waals surface area (Å²) < 4.78 is 0. The molecular weight excluding hydrogens is 338 g/mol. The van der Waals surface area contributed by atoms with Crippen LogP contribution in [0.5, 0.6) is 0 Å². The van der Waals surface area contributed by atoms with Crippen LogP contribution in [-0.2, 0) is 6.42 Å². The molecule has 7 heteroatoms. The van der Waals surface area contributed by atoms with Crippen molar-refractivity contribution in [3.8, 4) is 0 Å². The first-order valence-corrected chi connectivity index (χ1v) is 8.78. The van der Waals surface area contributed by atoms with Gasteiger partial charge >= 0.3 is 0 Å². The van der Waals surface area contributed by atoms with Gasteiger partial charge in [-0.1, -0.05) is 23.7 Å². The highest BCUT2D eigenvalue weighted by molar-refractivity contribution is 6.30. The van der Waals surface area contributed by atoms with Crippen LogP contribution in [0.2, 0.25) is 5.02 Å². The Balaban J connectivity index is 1.50. The lowest BCUT2D eigenvalue weighted by Crippen LogP contribution is -2.44. The lowest BCUT2D eigenvalue weighted by molar-refractivity contribution is 0.0949. The van der Waals surface area contributed by atoms with E-state index in [2.05, 4.69) is 32.1 Å². The number of benzene rings is 1. The molecule has 0 unspecified atom stereocenters. The molecular formula is C18H22ClN5O. The quantitative estimate of drug-likeness (QED) is 0.882. The lowest BCUT2D eigenvalue weighted by atomic mass is 10.1. The Morgan fingerprint density at radius 1 is 1.20 bits per heavy atom. The largest absolute Gasteiger partial charge is 0.353 e. The Bertz CT molecular complexity index is 714. The molecule has 1 aliphatic heterocycles. The van der Waals surface area contributed by atoms with E-state index < -0.39 is 0 Å². The van der Waals surface area contributed by atoms with Gasteiger partial charge in [0.05, 0.1) is 12.4 Å². The molecule has 0 saturated carbocycles. The number of hydrogen-bond acceptors (Lipinski definition) is 5. The van der Waals surface area contributed by atoms with Crippen LogP contribution >= 0.6 is 11.6 Å². The first-order chi connectivity index (χ1) is 12.1. The summed E-state index contributed by atoms with van der Waals surface area (Å²) in [6.45, 7) is 4.40. The zero-order chi connectivity index (χ0) is 17.6. The van der Waals surface area contributed by atoms with Crippen molar-refractivity contribution in [2.24, 2.45) is 0 Å². The fraction of sp³-hybridized carbons (Fsp3) is 0.389. The van der Waals surface area contributed by atoms with Crippen LogP contribution in [0, 0.1) is 0 Å². The highest BCUT2D eigenvalue weighted by Gasteiger charge is 2.16. The summed E-state index contributed by atoms with van der Waals surface area (Å²) in [6.07, 6.45) is 3.94. The molecule has 1 fully saturated rings. The van der Waals surface area contributed by atoms with E-state index in [9.17, 15) is 4.79 Å². The predicted molar refractivity (Wildman–Crippen MR) is 99.2 cm³/mol. The molecule has 0 bridgehead atoms. The second-order valence-corrected chi connectivity index (χ2v) is 6.62. The van der Waals surface area contributed by atoms with Gasteiger partial charge in [0.1, 0.15) is 11.5 Å². The molecule has 25 heavy (non-hydrogen) atoms. The topological polar surface area (TPSA) is 61.4 Å². The maximum atomic E-state index is 12.2. The maximum absolute atomic E-state index is 12.2. The second-order valence-electron chi connectivity index (χ2n) is 6.19. The van der Waals surface area contributed by atoms with Crippen LogP contribution < -0.4 is 10.2 Å². The Morgan fingerprint density at radius 2 is 2.00 bits per heavy atom. The number of amides is 1. The summed E-state index contributed by atoms with van der Waals surface area (Å²) in [4.78, 5) is 25.3. The third kappa shape index (κ3) is 4.90. The van der Waals surface area contributed by atoms with Crippen LogP contribution in [0.25, 0.3) is 0 Å². The first-order valence-electron chi connectivity index (χ1n) is 8.40. The van der Waals surface area contributed by atoms with E-state index in [0.717, 1.165) is 44.0 Å². The normalized spacial score (nSPS) is 15.2. The van der Waals surface area contributed by atoms with Crippen LogP contribution in [0.1, 0.15) is 16.1 Å². The van der Waals surface area contributed by atoms with Crippen LogP contribution in [0.3, 0.4) is 0 Å². The minimum atomic E-state index is -0.209. The summed E-state index contributed by atoms with van der Waals surface area (Å²) >= 11 is 5.96. The molecule has 0 radical (unpaired) electrons. The first kappa shape index (κ1) is 17.6. The fourth-order valence-electron chi connectivity index (χ4n) is 2.74. The molecule has 0 spiro atoms. The van der Waals surface area contributed by atoms with Crippen LogP contribution in [-0.4, -0.2) is 60.5 Å². The minimum absolute atomic E-state index is 0.209. The summed E-state index contributed by atoms with van der Waals surface area (Å²) in [5, 5.41) is 3.57. The van der Waals surface area contributed by atoms with Crippen molar-refractivity contribution in [3.05, 3.63) is 52.9 Å². The molecule has 1 aromatic heterocycles. The van der Waals surface area contributed by atoms with Crippen molar-refractivity contribution in [1.82, 2.24) is 20.2 Å². The van der Waals surface area contributed by atoms with E-state index in [1.165, 1.54) is 0 Å². The van der Waals surface area contributed by atoms with Gasteiger partial charge in [-0.05, 0) is 31.2 Å². The van der Waals surface area contributed by atoms with Gasteiger partial charge < -0.3 is 15.1 Å². The van der Waals surface area contributed by atoms with E-state index in [1.807, 2.05) is 24.3 Å². The molecule has 132 valence electrons. The molecule has 0 aliphatic carbocycles. The van der Waals surface area contributed by atoms with Gasteiger partial charge in [-0.25, -0.2) is 9.97 Å². The van der Waals surface area contributed by atoms with Crippen molar-refractivity contribution >= 4 is 23.3 Å². The molecule has 2 heterocycles. The zero-order valence-electron chi connectivity index (χ0n) is 14.3. The zero-order valence-corrected chi connectivity index (χ0v) is 15.0. The number of carbonyl (C=O) groups excluding carboxylic acids is 1. The molecule has 0 atom stereocenters. The Kier molecular flexibility index (Phi) is 5.83. The van der Waals surface area contributed by atoms with E-state index in [4.69, 9.17) is 11.6 Å². The number of likely N-dealkylation sites (N-methyl/N-ethyl adjacent to an activating group) is 1. The number of nitrogens with zero attached hydrogens (tertiary/aromatic N) is 4. The van der Waals surface area contributed by atoms with E-state index >= 15 is 0 Å². The third-order valence-corrected chi connectivity index (χ3v) is 4.52. The predicted octanol–water partition coefficient (Wildman–Crippen LogP) is 1.85. The third-order valence-electron chi connectivity index (χ3n) is 4.29. The van der Waals surface area contributed by atoms with Crippen molar-refractivity contribution in [1.29, 1.82) is 0 Å². The van der Waals surface area contributed by atoms with Crippen molar-refractivity contribution in [2.75, 3.05) is 44.7 Å². The molecule has 1 saturated heterocycles. The van der Waals surface area contributed by atoms with Crippen molar-refractivity contribution in [3.63, 3.8) is 0 Å². The minimum Gasteiger partial charge on any atom is -0.353 e. The van der Waals surface area contributed by atoms with Gasteiger partial charge in [-0.2, -0.15) is 0 Å². The number of piperazine rings is 1. The molecule has 1 aliphatic rings. The van der Waals surface area contributed by atoms with E-state index in [1.54, 1.807) is 12.4 Å². The molecule has 2 aromatic rings. The second kappa shape index (κ2) is 8.27. The number of aromatic nitrogens is 2. The summed E-state index contributed by atoms with van der Waals surface area (Å²) in [5.41, 5.74) is 1.42. The number of nitrogens with one attached hydrogen (secondary N) is 1. The summed E-state index contributed by atoms with van der Waals surface area (Å²) in [7, 11) is 2.11. The Morgan fingerprint density at radius 3 is 2.68 bits per heavy atom. The van der Waals surface area contributed by atoms with Gasteiger partial charge in [0, 0.05) is 37.7 Å². The maximum Gasteiger partial charge on any atom is 0.271 e. The Hall–Kier alpha value is -2.18. The van der Waals surface area contributed by atoms with Crippen LogP contribution in [0.15, 0.2) is 36.7 Å². The van der Waals surface area contributed by atoms with Gasteiger partial charge in [0.25, 0.3) is 5.91 Å². The van der Waals surface area contributed by atoms with Gasteiger partial charge in [0.2, 0.25) is 0 Å². The molecule has 6 nitrogen and oxygen atoms in total. The fourth-order valence-corrected chi connectivity index (χ4v) is 2.95.